The summed E-state index contributed by atoms with van der Waals surface area (Å²) in [6, 6.07) is 17.0. The summed E-state index contributed by atoms with van der Waals surface area (Å²) in [6.45, 7) is 1.94. The highest BCUT2D eigenvalue weighted by Gasteiger charge is 2.58. The molecule has 262 valence electrons. The van der Waals surface area contributed by atoms with Crippen LogP contribution in [0.4, 0.5) is 32.0 Å². The Morgan fingerprint density at radius 2 is 1.56 bits per heavy atom. The van der Waals surface area contributed by atoms with Gasteiger partial charge in [0.05, 0.1) is 34.8 Å². The smallest absolute Gasteiger partial charge is 0.455 e. The zero-order valence-corrected chi connectivity index (χ0v) is 27.0. The Kier molecular flexibility index (Phi) is 9.75. The summed E-state index contributed by atoms with van der Waals surface area (Å²) in [5.41, 5.74) is 0.289. The van der Waals surface area contributed by atoms with Gasteiger partial charge in [-0.05, 0) is 90.5 Å². The van der Waals surface area contributed by atoms with E-state index in [1.165, 1.54) is 0 Å². The maximum absolute atomic E-state index is 14.1. The number of amides is 2. The molecular formula is C37H34BF6NO5. The van der Waals surface area contributed by atoms with Crippen LogP contribution < -0.4 is 4.90 Å². The van der Waals surface area contributed by atoms with Crippen molar-refractivity contribution in [3.05, 3.63) is 106 Å². The van der Waals surface area contributed by atoms with Crippen LogP contribution in [0, 0.1) is 17.8 Å². The number of carbonyl (C=O) groups excluding carboxylic acids is 2. The Balaban J connectivity index is 1.35. The molecule has 2 fully saturated rings. The number of anilines is 1. The second-order valence-electron chi connectivity index (χ2n) is 13.0. The van der Waals surface area contributed by atoms with Crippen LogP contribution in [0.3, 0.4) is 0 Å². The average molecular weight is 697 g/mol. The maximum atomic E-state index is 14.1. The van der Waals surface area contributed by atoms with Gasteiger partial charge in [-0.25, -0.2) is 4.90 Å². The number of aromatic hydroxyl groups is 1. The van der Waals surface area contributed by atoms with E-state index in [4.69, 9.17) is 4.65 Å². The Hall–Kier alpha value is -4.36. The standard InChI is InChI=1S/C37H34BF6NO5/c1-2-6-24-16-29-33(35(48)45(34(29)47)27-18-25(36(39,40)41)17-26(19-27)37(42,43)44)30-20-38(49)50-31(32(24)30)14-11-23(22-7-4-3-5-8-22)15-21-9-12-28(46)13-10-21/h3-5,7-10,12-13,15,17-19,29-31,33,46,49H,2,6,11,14,16,20H2,1H3/b23-15-/t29-,30+,31-,33-/m1/s1. The third-order valence-corrected chi connectivity index (χ3v) is 9.74. The number of allylic oxidation sites excluding steroid dienone is 2. The zero-order chi connectivity index (χ0) is 36.0. The van der Waals surface area contributed by atoms with E-state index in [0.717, 1.165) is 27.8 Å². The lowest BCUT2D eigenvalue weighted by Gasteiger charge is -2.43. The Morgan fingerprint density at radius 1 is 0.920 bits per heavy atom. The predicted molar refractivity (Wildman–Crippen MR) is 175 cm³/mol. The van der Waals surface area contributed by atoms with Gasteiger partial charge in [-0.2, -0.15) is 26.3 Å². The molecule has 2 N–H and O–H groups in total. The third-order valence-electron chi connectivity index (χ3n) is 9.74. The minimum atomic E-state index is -5.16. The van der Waals surface area contributed by atoms with Crippen LogP contribution in [-0.4, -0.2) is 35.2 Å². The quantitative estimate of drug-likeness (QED) is 0.0811. The molecule has 3 aromatic carbocycles. The molecule has 1 aliphatic carbocycles. The molecule has 3 aliphatic rings. The highest BCUT2D eigenvalue weighted by Crippen LogP contribution is 2.53. The molecule has 2 amide bonds. The van der Waals surface area contributed by atoms with E-state index in [-0.39, 0.29) is 24.6 Å². The number of phenolic OH excluding ortho intramolecular Hbond substituents is 1. The van der Waals surface area contributed by atoms with Crippen molar-refractivity contribution in [2.45, 2.75) is 63.8 Å². The summed E-state index contributed by atoms with van der Waals surface area (Å²) in [7, 11) is -1.32. The lowest BCUT2D eigenvalue weighted by molar-refractivity contribution is -0.143. The van der Waals surface area contributed by atoms with Gasteiger partial charge >= 0.3 is 19.5 Å². The van der Waals surface area contributed by atoms with E-state index in [2.05, 4.69) is 0 Å². The summed E-state index contributed by atoms with van der Waals surface area (Å²) in [6.07, 6.45) is -6.93. The molecule has 2 aliphatic heterocycles. The fourth-order valence-corrected chi connectivity index (χ4v) is 7.63. The number of hydrogen-bond donors (Lipinski definition) is 2. The van der Waals surface area contributed by atoms with Gasteiger partial charge < -0.3 is 14.8 Å². The minimum absolute atomic E-state index is 0.0418. The largest absolute Gasteiger partial charge is 0.508 e. The van der Waals surface area contributed by atoms with Gasteiger partial charge in [0.1, 0.15) is 5.75 Å². The number of rotatable bonds is 8. The number of nitrogens with zero attached hydrogens (tertiary/aromatic N) is 1. The lowest BCUT2D eigenvalue weighted by atomic mass is 9.58. The SMILES string of the molecule is CCCC1=C2[C@@H](CC/C(=C/c3ccc(O)cc3)c3ccccc3)OB(O)C[C@@H]2[C@@H]2C(=O)N(c3cc(C(F)(F)F)cc(C(F)(F)F)c3)C(=O)[C@@H]2C1. The predicted octanol–water partition coefficient (Wildman–Crippen LogP) is 8.55. The van der Waals surface area contributed by atoms with Crippen LogP contribution in [0.1, 0.15) is 61.3 Å². The molecule has 50 heavy (non-hydrogen) atoms. The van der Waals surface area contributed by atoms with Gasteiger partial charge in [0.2, 0.25) is 11.8 Å². The average Bonchev–Trinajstić information content (AvgIpc) is 3.32. The normalized spacial score (nSPS) is 23.0. The summed E-state index contributed by atoms with van der Waals surface area (Å²) >= 11 is 0. The molecule has 13 heteroatoms. The first-order chi connectivity index (χ1) is 23.7. The van der Waals surface area contributed by atoms with Gasteiger partial charge in [-0.3, -0.25) is 9.59 Å². The number of fused-ring (bicyclic) bond motifs is 3. The van der Waals surface area contributed by atoms with Crippen molar-refractivity contribution in [2.24, 2.45) is 17.8 Å². The zero-order valence-electron chi connectivity index (χ0n) is 27.0. The first kappa shape index (κ1) is 35.5. The first-order valence-electron chi connectivity index (χ1n) is 16.4. The summed E-state index contributed by atoms with van der Waals surface area (Å²) < 4.78 is 88.4. The Bertz CT molecular complexity index is 1790. The number of imide groups is 1. The lowest BCUT2D eigenvalue weighted by Crippen LogP contribution is -2.46. The molecule has 3 aromatic rings. The number of alkyl halides is 6. The number of carbonyl (C=O) groups is 2. The van der Waals surface area contributed by atoms with Gasteiger partial charge in [0.25, 0.3) is 0 Å². The van der Waals surface area contributed by atoms with Crippen LogP contribution in [0.25, 0.3) is 11.6 Å². The van der Waals surface area contributed by atoms with Crippen molar-refractivity contribution >= 4 is 36.3 Å². The minimum Gasteiger partial charge on any atom is -0.508 e. The van der Waals surface area contributed by atoms with Crippen molar-refractivity contribution in [3.8, 4) is 5.75 Å². The van der Waals surface area contributed by atoms with Crippen molar-refractivity contribution < 1.29 is 50.7 Å². The van der Waals surface area contributed by atoms with Gasteiger partial charge in [0.15, 0.2) is 0 Å². The Morgan fingerprint density at radius 3 is 2.16 bits per heavy atom. The molecule has 0 bridgehead atoms. The van der Waals surface area contributed by atoms with Crippen LogP contribution in [0.5, 0.6) is 5.75 Å². The van der Waals surface area contributed by atoms with Crippen LogP contribution in [0.15, 0.2) is 83.9 Å². The molecule has 2 saturated heterocycles. The fraction of sp³-hybridized carbons (Fsp3) is 0.351. The van der Waals surface area contributed by atoms with E-state index >= 15 is 0 Å². The fourth-order valence-electron chi connectivity index (χ4n) is 7.63. The molecule has 0 radical (unpaired) electrons. The number of halogens is 6. The van der Waals surface area contributed by atoms with E-state index in [0.29, 0.717) is 42.7 Å². The van der Waals surface area contributed by atoms with Crippen molar-refractivity contribution in [1.29, 1.82) is 0 Å². The number of phenols is 1. The highest BCUT2D eigenvalue weighted by molar-refractivity contribution is 6.43. The van der Waals surface area contributed by atoms with Gasteiger partial charge in [0, 0.05) is 0 Å². The summed E-state index contributed by atoms with van der Waals surface area (Å²) in [5, 5.41) is 20.7. The van der Waals surface area contributed by atoms with Gasteiger partial charge in [-0.15, -0.1) is 0 Å². The van der Waals surface area contributed by atoms with E-state index in [9.17, 15) is 46.1 Å². The molecule has 2 heterocycles. The molecule has 0 spiro atoms. The highest BCUT2D eigenvalue weighted by atomic mass is 19.4. The molecule has 6 rings (SSSR count). The molecule has 0 aromatic heterocycles. The molecular weight excluding hydrogens is 663 g/mol. The van der Waals surface area contributed by atoms with Crippen LogP contribution in [-0.2, 0) is 26.6 Å². The maximum Gasteiger partial charge on any atom is 0.455 e. The van der Waals surface area contributed by atoms with Gasteiger partial charge in [-0.1, -0.05) is 67.5 Å². The number of hydrogen-bond acceptors (Lipinski definition) is 5. The molecule has 6 nitrogen and oxygen atoms in total. The second kappa shape index (κ2) is 13.7. The molecule has 4 atom stereocenters. The second-order valence-corrected chi connectivity index (χ2v) is 13.0. The summed E-state index contributed by atoms with van der Waals surface area (Å²) in [5.74, 6) is -4.44. The van der Waals surface area contributed by atoms with Crippen molar-refractivity contribution in [2.75, 3.05) is 4.90 Å². The van der Waals surface area contributed by atoms with Crippen LogP contribution >= 0.6 is 0 Å². The van der Waals surface area contributed by atoms with Crippen LogP contribution in [0.2, 0.25) is 6.32 Å². The molecule has 0 saturated carbocycles. The van der Waals surface area contributed by atoms with Crippen molar-refractivity contribution in [1.82, 2.24) is 0 Å². The Labute approximate surface area is 285 Å². The van der Waals surface area contributed by atoms with E-state index in [1.807, 2.05) is 43.3 Å². The third kappa shape index (κ3) is 7.11. The molecule has 0 unspecified atom stereocenters. The van der Waals surface area contributed by atoms with Crippen molar-refractivity contribution in [3.63, 3.8) is 0 Å². The topological polar surface area (TPSA) is 87.1 Å². The summed E-state index contributed by atoms with van der Waals surface area (Å²) in [4.78, 5) is 28.4. The first-order valence-corrected chi connectivity index (χ1v) is 16.4. The van der Waals surface area contributed by atoms with E-state index in [1.54, 1.807) is 24.3 Å². The monoisotopic (exact) mass is 697 g/mol. The van der Waals surface area contributed by atoms with E-state index < -0.39 is 72.0 Å². The number of benzene rings is 3.